The predicted molar refractivity (Wildman–Crippen MR) is 73.8 cm³/mol. The van der Waals surface area contributed by atoms with Gasteiger partial charge in [-0.1, -0.05) is 30.3 Å². The van der Waals surface area contributed by atoms with Crippen LogP contribution in [0.25, 0.3) is 10.9 Å². The molecule has 0 aliphatic rings. The van der Waals surface area contributed by atoms with E-state index < -0.39 is 0 Å². The van der Waals surface area contributed by atoms with Crippen LogP contribution in [-0.2, 0) is 13.5 Å². The molecule has 0 aliphatic heterocycles. The lowest BCUT2D eigenvalue weighted by Gasteiger charge is -2.04. The SMILES string of the molecule is Cn1c(Cc2ccccc2)cc2ccc(O)cc21. The van der Waals surface area contributed by atoms with Gasteiger partial charge in [-0.15, -0.1) is 0 Å². The molecule has 0 aliphatic carbocycles. The molecular formula is C16H15NO. The predicted octanol–water partition coefficient (Wildman–Crippen LogP) is 3.47. The summed E-state index contributed by atoms with van der Waals surface area (Å²) in [5.41, 5.74) is 3.62. The van der Waals surface area contributed by atoms with Gasteiger partial charge in [-0.25, -0.2) is 0 Å². The maximum absolute atomic E-state index is 9.54. The van der Waals surface area contributed by atoms with Gasteiger partial charge >= 0.3 is 0 Å². The van der Waals surface area contributed by atoms with Crippen LogP contribution in [0.1, 0.15) is 11.3 Å². The Hall–Kier alpha value is -2.22. The Morgan fingerprint density at radius 1 is 1.00 bits per heavy atom. The highest BCUT2D eigenvalue weighted by atomic mass is 16.3. The molecule has 0 atom stereocenters. The summed E-state index contributed by atoms with van der Waals surface area (Å²) in [7, 11) is 2.04. The minimum absolute atomic E-state index is 0.315. The van der Waals surface area contributed by atoms with Gasteiger partial charge in [0.05, 0.1) is 5.52 Å². The van der Waals surface area contributed by atoms with Crippen LogP contribution in [0.15, 0.2) is 54.6 Å². The molecule has 1 heterocycles. The number of nitrogens with zero attached hydrogens (tertiary/aromatic N) is 1. The van der Waals surface area contributed by atoms with Gasteiger partial charge in [0.15, 0.2) is 0 Å². The smallest absolute Gasteiger partial charge is 0.117 e. The number of aromatic hydroxyl groups is 1. The van der Waals surface area contributed by atoms with Crippen molar-refractivity contribution in [3.63, 3.8) is 0 Å². The monoisotopic (exact) mass is 237 g/mol. The summed E-state index contributed by atoms with van der Waals surface area (Å²) in [5, 5.41) is 10.7. The molecule has 0 spiro atoms. The molecule has 0 unspecified atom stereocenters. The Bertz CT molecular complexity index is 683. The number of phenolic OH excluding ortho intramolecular Hbond substituents is 1. The van der Waals surface area contributed by atoms with Crippen molar-refractivity contribution in [3.05, 3.63) is 65.9 Å². The third-order valence-electron chi connectivity index (χ3n) is 3.36. The zero-order chi connectivity index (χ0) is 12.5. The maximum atomic E-state index is 9.54. The van der Waals surface area contributed by atoms with Gasteiger partial charge in [-0.05, 0) is 23.8 Å². The van der Waals surface area contributed by atoms with Crippen LogP contribution in [0, 0.1) is 0 Å². The number of hydrogen-bond acceptors (Lipinski definition) is 1. The Morgan fingerprint density at radius 3 is 2.56 bits per heavy atom. The van der Waals surface area contributed by atoms with E-state index in [-0.39, 0.29) is 0 Å². The van der Waals surface area contributed by atoms with E-state index in [0.717, 1.165) is 11.9 Å². The van der Waals surface area contributed by atoms with Gasteiger partial charge < -0.3 is 9.67 Å². The summed E-state index contributed by atoms with van der Waals surface area (Å²) in [5.74, 6) is 0.315. The number of aryl methyl sites for hydroxylation is 1. The molecule has 18 heavy (non-hydrogen) atoms. The van der Waals surface area contributed by atoms with Crippen molar-refractivity contribution in [2.24, 2.45) is 7.05 Å². The average molecular weight is 237 g/mol. The van der Waals surface area contributed by atoms with Gasteiger partial charge in [0, 0.05) is 30.6 Å². The fraction of sp³-hybridized carbons (Fsp3) is 0.125. The van der Waals surface area contributed by atoms with E-state index in [4.69, 9.17) is 0 Å². The summed E-state index contributed by atoms with van der Waals surface area (Å²) in [6.45, 7) is 0. The molecule has 3 rings (SSSR count). The van der Waals surface area contributed by atoms with Gasteiger partial charge in [0.1, 0.15) is 5.75 Å². The molecule has 3 aromatic rings. The standard InChI is InChI=1S/C16H15NO/c1-17-14(9-12-5-3-2-4-6-12)10-13-7-8-15(18)11-16(13)17/h2-8,10-11,18H,9H2,1H3. The Balaban J connectivity index is 2.05. The van der Waals surface area contributed by atoms with Crippen molar-refractivity contribution >= 4 is 10.9 Å². The highest BCUT2D eigenvalue weighted by Gasteiger charge is 2.06. The highest BCUT2D eigenvalue weighted by molar-refractivity contribution is 5.82. The van der Waals surface area contributed by atoms with Crippen LogP contribution >= 0.6 is 0 Å². The van der Waals surface area contributed by atoms with E-state index in [1.807, 2.05) is 25.2 Å². The van der Waals surface area contributed by atoms with Gasteiger partial charge in [-0.3, -0.25) is 0 Å². The number of benzene rings is 2. The van der Waals surface area contributed by atoms with Crippen molar-refractivity contribution < 1.29 is 5.11 Å². The normalized spacial score (nSPS) is 10.9. The zero-order valence-corrected chi connectivity index (χ0v) is 10.3. The summed E-state index contributed by atoms with van der Waals surface area (Å²) in [4.78, 5) is 0. The first-order chi connectivity index (χ1) is 8.74. The lowest BCUT2D eigenvalue weighted by Crippen LogP contribution is -1.96. The minimum atomic E-state index is 0.315. The summed E-state index contributed by atoms with van der Waals surface area (Å²) < 4.78 is 2.14. The number of aromatic nitrogens is 1. The van der Waals surface area contributed by atoms with Crippen molar-refractivity contribution in [2.45, 2.75) is 6.42 Å². The summed E-state index contributed by atoms with van der Waals surface area (Å²) in [6.07, 6.45) is 0.910. The molecule has 0 fully saturated rings. The van der Waals surface area contributed by atoms with E-state index in [1.165, 1.54) is 16.6 Å². The Kier molecular flexibility index (Phi) is 2.56. The van der Waals surface area contributed by atoms with E-state index in [1.54, 1.807) is 6.07 Å². The quantitative estimate of drug-likeness (QED) is 0.725. The minimum Gasteiger partial charge on any atom is -0.508 e. The second-order valence-electron chi connectivity index (χ2n) is 4.60. The van der Waals surface area contributed by atoms with E-state index >= 15 is 0 Å². The lowest BCUT2D eigenvalue weighted by molar-refractivity contribution is 0.476. The van der Waals surface area contributed by atoms with Crippen molar-refractivity contribution in [2.75, 3.05) is 0 Å². The van der Waals surface area contributed by atoms with Gasteiger partial charge in [0.2, 0.25) is 0 Å². The molecule has 90 valence electrons. The van der Waals surface area contributed by atoms with Crippen LogP contribution in [0.3, 0.4) is 0 Å². The van der Waals surface area contributed by atoms with E-state index in [2.05, 4.69) is 34.9 Å². The Labute approximate surface area is 106 Å². The van der Waals surface area contributed by atoms with E-state index in [9.17, 15) is 5.11 Å². The molecular weight excluding hydrogens is 222 g/mol. The second-order valence-corrected chi connectivity index (χ2v) is 4.60. The van der Waals surface area contributed by atoms with Gasteiger partial charge in [-0.2, -0.15) is 0 Å². The average Bonchev–Trinajstić information content (AvgIpc) is 2.68. The van der Waals surface area contributed by atoms with Crippen LogP contribution in [0.5, 0.6) is 5.75 Å². The highest BCUT2D eigenvalue weighted by Crippen LogP contribution is 2.24. The van der Waals surface area contributed by atoms with Crippen LogP contribution in [-0.4, -0.2) is 9.67 Å². The first-order valence-electron chi connectivity index (χ1n) is 6.05. The first-order valence-corrected chi connectivity index (χ1v) is 6.05. The molecule has 0 bridgehead atoms. The number of fused-ring (bicyclic) bond motifs is 1. The zero-order valence-electron chi connectivity index (χ0n) is 10.3. The van der Waals surface area contributed by atoms with E-state index in [0.29, 0.717) is 5.75 Å². The summed E-state index contributed by atoms with van der Waals surface area (Å²) >= 11 is 0. The maximum Gasteiger partial charge on any atom is 0.117 e. The molecule has 0 radical (unpaired) electrons. The number of hydrogen-bond donors (Lipinski definition) is 1. The number of rotatable bonds is 2. The van der Waals surface area contributed by atoms with Gasteiger partial charge in [0.25, 0.3) is 0 Å². The largest absolute Gasteiger partial charge is 0.508 e. The molecule has 0 amide bonds. The first kappa shape index (κ1) is 10.9. The fourth-order valence-electron chi connectivity index (χ4n) is 2.35. The van der Waals surface area contributed by atoms with Crippen LogP contribution in [0.2, 0.25) is 0 Å². The molecule has 2 nitrogen and oxygen atoms in total. The second kappa shape index (κ2) is 4.22. The van der Waals surface area contributed by atoms with Crippen molar-refractivity contribution in [1.29, 1.82) is 0 Å². The molecule has 1 N–H and O–H groups in total. The molecule has 1 aromatic heterocycles. The van der Waals surface area contributed by atoms with Crippen molar-refractivity contribution in [1.82, 2.24) is 4.57 Å². The molecule has 0 saturated heterocycles. The third kappa shape index (κ3) is 1.86. The fourth-order valence-corrected chi connectivity index (χ4v) is 2.35. The number of phenols is 1. The van der Waals surface area contributed by atoms with Crippen molar-refractivity contribution in [3.8, 4) is 5.75 Å². The molecule has 2 aromatic carbocycles. The molecule has 0 saturated carbocycles. The van der Waals surface area contributed by atoms with Crippen LogP contribution < -0.4 is 0 Å². The lowest BCUT2D eigenvalue weighted by atomic mass is 10.1. The molecule has 2 heteroatoms. The topological polar surface area (TPSA) is 25.2 Å². The van der Waals surface area contributed by atoms with Crippen LogP contribution in [0.4, 0.5) is 0 Å². The Morgan fingerprint density at radius 2 is 1.78 bits per heavy atom. The summed E-state index contributed by atoms with van der Waals surface area (Å²) in [6, 6.07) is 18.1. The third-order valence-corrected chi connectivity index (χ3v) is 3.36.